The first-order chi connectivity index (χ1) is 11.1. The standard InChI is InChI=1S/C18H19FN2OS/c1-20(12-14-6-2-3-7-15(14)19)13-18(22)21-10-11-23-17-9-5-4-8-16(17)21/h2-9H,10-13H2,1H3. The third-order valence-electron chi connectivity index (χ3n) is 3.83. The van der Waals surface area contributed by atoms with E-state index in [1.165, 1.54) is 6.07 Å². The number of thioether (sulfide) groups is 1. The summed E-state index contributed by atoms with van der Waals surface area (Å²) in [5.74, 6) is 0.725. The molecule has 3 rings (SSSR count). The molecule has 0 radical (unpaired) electrons. The highest BCUT2D eigenvalue weighted by atomic mass is 32.2. The monoisotopic (exact) mass is 330 g/mol. The highest BCUT2D eigenvalue weighted by Crippen LogP contribution is 2.34. The molecule has 0 unspecified atom stereocenters. The Morgan fingerprint density at radius 1 is 1.22 bits per heavy atom. The molecule has 0 atom stereocenters. The van der Waals surface area contributed by atoms with Gasteiger partial charge in [-0.1, -0.05) is 30.3 Å². The summed E-state index contributed by atoms with van der Waals surface area (Å²) in [7, 11) is 1.84. The molecule has 0 saturated heterocycles. The minimum absolute atomic E-state index is 0.0524. The van der Waals surface area contributed by atoms with E-state index >= 15 is 0 Å². The van der Waals surface area contributed by atoms with Crippen molar-refractivity contribution in [1.82, 2.24) is 4.90 Å². The van der Waals surface area contributed by atoms with Crippen LogP contribution in [0.3, 0.4) is 0 Å². The van der Waals surface area contributed by atoms with E-state index < -0.39 is 0 Å². The van der Waals surface area contributed by atoms with Crippen LogP contribution in [-0.4, -0.2) is 36.7 Å². The fraction of sp³-hybridized carbons (Fsp3) is 0.278. The molecular formula is C18H19FN2OS. The molecule has 120 valence electrons. The number of nitrogens with zero attached hydrogens (tertiary/aromatic N) is 2. The summed E-state index contributed by atoms with van der Waals surface area (Å²) in [5.41, 5.74) is 1.59. The van der Waals surface area contributed by atoms with Crippen molar-refractivity contribution in [3.63, 3.8) is 0 Å². The van der Waals surface area contributed by atoms with E-state index in [1.54, 1.807) is 23.9 Å². The third kappa shape index (κ3) is 3.74. The van der Waals surface area contributed by atoms with E-state index in [1.807, 2.05) is 47.2 Å². The first kappa shape index (κ1) is 16.0. The first-order valence-electron chi connectivity index (χ1n) is 7.59. The minimum Gasteiger partial charge on any atom is -0.309 e. The van der Waals surface area contributed by atoms with Gasteiger partial charge in [0.2, 0.25) is 5.91 Å². The van der Waals surface area contributed by atoms with Crippen molar-refractivity contribution in [3.8, 4) is 0 Å². The number of hydrogen-bond acceptors (Lipinski definition) is 3. The van der Waals surface area contributed by atoms with E-state index in [2.05, 4.69) is 0 Å². The molecule has 1 amide bonds. The normalized spacial score (nSPS) is 14.0. The van der Waals surface area contributed by atoms with Crippen molar-refractivity contribution in [2.24, 2.45) is 0 Å². The maximum Gasteiger partial charge on any atom is 0.241 e. The van der Waals surface area contributed by atoms with Crippen LogP contribution in [0.4, 0.5) is 10.1 Å². The van der Waals surface area contributed by atoms with Crippen molar-refractivity contribution in [1.29, 1.82) is 0 Å². The minimum atomic E-state index is -0.230. The van der Waals surface area contributed by atoms with Crippen molar-refractivity contribution >= 4 is 23.4 Å². The highest BCUT2D eigenvalue weighted by molar-refractivity contribution is 7.99. The van der Waals surface area contributed by atoms with Gasteiger partial charge in [-0.25, -0.2) is 4.39 Å². The van der Waals surface area contributed by atoms with Crippen LogP contribution in [0, 0.1) is 5.82 Å². The van der Waals surface area contributed by atoms with Gasteiger partial charge in [-0.15, -0.1) is 11.8 Å². The van der Waals surface area contributed by atoms with E-state index in [0.717, 1.165) is 16.3 Å². The number of rotatable bonds is 4. The predicted octanol–water partition coefficient (Wildman–Crippen LogP) is 3.40. The summed E-state index contributed by atoms with van der Waals surface area (Å²) in [6.45, 7) is 1.41. The smallest absolute Gasteiger partial charge is 0.241 e. The van der Waals surface area contributed by atoms with Crippen molar-refractivity contribution in [2.45, 2.75) is 11.4 Å². The third-order valence-corrected chi connectivity index (χ3v) is 4.88. The molecule has 5 heteroatoms. The molecule has 0 saturated carbocycles. The van der Waals surface area contributed by atoms with Gasteiger partial charge in [0.25, 0.3) is 0 Å². The number of carbonyl (C=O) groups is 1. The average Bonchev–Trinajstić information content (AvgIpc) is 2.56. The van der Waals surface area contributed by atoms with Gasteiger partial charge in [-0.3, -0.25) is 9.69 Å². The molecule has 0 spiro atoms. The van der Waals surface area contributed by atoms with Gasteiger partial charge in [-0.2, -0.15) is 0 Å². The van der Waals surface area contributed by atoms with Crippen LogP contribution in [0.15, 0.2) is 53.4 Å². The molecule has 2 aromatic rings. The SMILES string of the molecule is CN(CC(=O)N1CCSc2ccccc21)Cc1ccccc1F. The number of hydrogen-bond donors (Lipinski definition) is 0. The van der Waals surface area contributed by atoms with Gasteiger partial charge in [0.1, 0.15) is 5.82 Å². The van der Waals surface area contributed by atoms with Crippen LogP contribution in [0.25, 0.3) is 0 Å². The molecule has 0 N–H and O–H groups in total. The Morgan fingerprint density at radius 2 is 1.96 bits per heavy atom. The molecule has 1 aliphatic heterocycles. The Bertz CT molecular complexity index is 707. The molecule has 0 aromatic heterocycles. The Kier molecular flexibility index (Phi) is 4.98. The molecule has 0 fully saturated rings. The van der Waals surface area contributed by atoms with E-state index in [0.29, 0.717) is 18.7 Å². The van der Waals surface area contributed by atoms with Gasteiger partial charge < -0.3 is 4.90 Å². The zero-order valence-corrected chi connectivity index (χ0v) is 13.9. The predicted molar refractivity (Wildman–Crippen MR) is 92.3 cm³/mol. The topological polar surface area (TPSA) is 23.6 Å². The van der Waals surface area contributed by atoms with E-state index in [4.69, 9.17) is 0 Å². The van der Waals surface area contributed by atoms with Gasteiger partial charge in [-0.05, 0) is 25.2 Å². The lowest BCUT2D eigenvalue weighted by molar-refractivity contribution is -0.119. The number of likely N-dealkylation sites (N-methyl/N-ethyl adjacent to an activating group) is 1. The summed E-state index contributed by atoms with van der Waals surface area (Å²) in [6, 6.07) is 14.7. The van der Waals surface area contributed by atoms with Crippen molar-refractivity contribution < 1.29 is 9.18 Å². The maximum atomic E-state index is 13.7. The van der Waals surface area contributed by atoms with Gasteiger partial charge in [0.05, 0.1) is 12.2 Å². The highest BCUT2D eigenvalue weighted by Gasteiger charge is 2.23. The lowest BCUT2D eigenvalue weighted by atomic mass is 10.2. The molecular weight excluding hydrogens is 311 g/mol. The van der Waals surface area contributed by atoms with Gasteiger partial charge in [0, 0.05) is 29.3 Å². The molecule has 3 nitrogen and oxygen atoms in total. The first-order valence-corrected chi connectivity index (χ1v) is 8.58. The lowest BCUT2D eigenvalue weighted by Crippen LogP contribution is -2.41. The second kappa shape index (κ2) is 7.15. The second-order valence-electron chi connectivity index (χ2n) is 5.63. The fourth-order valence-electron chi connectivity index (χ4n) is 2.72. The number of amides is 1. The summed E-state index contributed by atoms with van der Waals surface area (Å²) >= 11 is 1.78. The lowest BCUT2D eigenvalue weighted by Gasteiger charge is -2.30. The zero-order valence-electron chi connectivity index (χ0n) is 13.0. The Hall–Kier alpha value is -1.85. The van der Waals surface area contributed by atoms with Crippen LogP contribution in [0.1, 0.15) is 5.56 Å². The summed E-state index contributed by atoms with van der Waals surface area (Å²) in [4.78, 5) is 17.5. The number of fused-ring (bicyclic) bond motifs is 1. The van der Waals surface area contributed by atoms with Crippen molar-refractivity contribution in [2.75, 3.05) is 30.8 Å². The van der Waals surface area contributed by atoms with Crippen LogP contribution < -0.4 is 4.90 Å². The maximum absolute atomic E-state index is 13.7. The largest absolute Gasteiger partial charge is 0.309 e. The Labute approximate surface area is 140 Å². The fourth-order valence-corrected chi connectivity index (χ4v) is 3.71. The van der Waals surface area contributed by atoms with E-state index in [9.17, 15) is 9.18 Å². The van der Waals surface area contributed by atoms with Crippen molar-refractivity contribution in [3.05, 3.63) is 59.9 Å². The van der Waals surface area contributed by atoms with Gasteiger partial charge >= 0.3 is 0 Å². The number of anilines is 1. The molecule has 23 heavy (non-hydrogen) atoms. The van der Waals surface area contributed by atoms with Crippen LogP contribution in [-0.2, 0) is 11.3 Å². The average molecular weight is 330 g/mol. The molecule has 2 aromatic carbocycles. The molecule has 0 bridgehead atoms. The van der Waals surface area contributed by atoms with Gasteiger partial charge in [0.15, 0.2) is 0 Å². The van der Waals surface area contributed by atoms with Crippen LogP contribution in [0.5, 0.6) is 0 Å². The molecule has 1 aliphatic rings. The summed E-state index contributed by atoms with van der Waals surface area (Å²) in [6.07, 6.45) is 0. The Morgan fingerprint density at radius 3 is 2.78 bits per heavy atom. The number of carbonyl (C=O) groups excluding carboxylic acids is 1. The summed E-state index contributed by atoms with van der Waals surface area (Å²) < 4.78 is 13.7. The second-order valence-corrected chi connectivity index (χ2v) is 6.76. The summed E-state index contributed by atoms with van der Waals surface area (Å²) in [5, 5.41) is 0. The van der Waals surface area contributed by atoms with Crippen LogP contribution in [0.2, 0.25) is 0 Å². The number of halogens is 1. The number of benzene rings is 2. The Balaban J connectivity index is 1.67. The molecule has 0 aliphatic carbocycles. The number of para-hydroxylation sites is 1. The quantitative estimate of drug-likeness (QED) is 0.858. The zero-order chi connectivity index (χ0) is 16.2. The van der Waals surface area contributed by atoms with Crippen LogP contribution >= 0.6 is 11.8 Å². The van der Waals surface area contributed by atoms with E-state index in [-0.39, 0.29) is 18.3 Å². The molecule has 1 heterocycles.